The Bertz CT molecular complexity index is 1140. The SMILES string of the molecule is COc1ccc(-n2c(-c3cnn4c3N[C@H](C)C[C@@H]4C(F)(F)F)n[nH]c2=S)c(OC)c1. The second kappa shape index (κ2) is 7.35. The van der Waals surface area contributed by atoms with Crippen molar-refractivity contribution in [1.29, 1.82) is 0 Å². The van der Waals surface area contributed by atoms with Crippen molar-refractivity contribution in [3.63, 3.8) is 0 Å². The molecule has 8 nitrogen and oxygen atoms in total. The van der Waals surface area contributed by atoms with E-state index in [1.54, 1.807) is 29.7 Å². The van der Waals surface area contributed by atoms with Crippen molar-refractivity contribution in [3.8, 4) is 28.6 Å². The summed E-state index contributed by atoms with van der Waals surface area (Å²) in [5, 5.41) is 14.1. The van der Waals surface area contributed by atoms with E-state index in [4.69, 9.17) is 21.7 Å². The van der Waals surface area contributed by atoms with E-state index in [0.717, 1.165) is 4.68 Å². The van der Waals surface area contributed by atoms with E-state index in [2.05, 4.69) is 20.6 Å². The quantitative estimate of drug-likeness (QED) is 0.594. The average molecular weight is 440 g/mol. The Morgan fingerprint density at radius 1 is 1.23 bits per heavy atom. The van der Waals surface area contributed by atoms with E-state index in [0.29, 0.717) is 28.6 Å². The minimum atomic E-state index is -4.42. The number of methoxy groups -OCH3 is 2. The van der Waals surface area contributed by atoms with Crippen LogP contribution in [-0.4, -0.2) is 51.0 Å². The second-order valence-corrected chi connectivity index (χ2v) is 7.30. The zero-order valence-corrected chi connectivity index (χ0v) is 17.1. The summed E-state index contributed by atoms with van der Waals surface area (Å²) in [5.41, 5.74) is 0.948. The number of nitrogens with zero attached hydrogens (tertiary/aromatic N) is 4. The molecule has 30 heavy (non-hydrogen) atoms. The Hall–Kier alpha value is -3.02. The third-order valence-corrected chi connectivity index (χ3v) is 5.24. The number of anilines is 1. The predicted molar refractivity (Wildman–Crippen MR) is 106 cm³/mol. The van der Waals surface area contributed by atoms with Crippen molar-refractivity contribution in [3.05, 3.63) is 29.2 Å². The van der Waals surface area contributed by atoms with E-state index in [1.165, 1.54) is 20.4 Å². The smallest absolute Gasteiger partial charge is 0.410 e. The highest BCUT2D eigenvalue weighted by molar-refractivity contribution is 7.71. The van der Waals surface area contributed by atoms with E-state index >= 15 is 0 Å². The highest BCUT2D eigenvalue weighted by atomic mass is 32.1. The number of H-pyrrole nitrogens is 1. The van der Waals surface area contributed by atoms with Crippen LogP contribution in [0.25, 0.3) is 17.1 Å². The lowest BCUT2D eigenvalue weighted by Crippen LogP contribution is -2.38. The first-order chi connectivity index (χ1) is 14.2. The van der Waals surface area contributed by atoms with Gasteiger partial charge in [-0.1, -0.05) is 0 Å². The van der Waals surface area contributed by atoms with Gasteiger partial charge in [-0.05, 0) is 37.7 Å². The number of fused-ring (bicyclic) bond motifs is 1. The summed E-state index contributed by atoms with van der Waals surface area (Å²) in [6, 6.07) is 3.02. The molecule has 1 aliphatic heterocycles. The molecule has 0 spiro atoms. The molecule has 0 radical (unpaired) electrons. The molecule has 0 aliphatic carbocycles. The van der Waals surface area contributed by atoms with Crippen molar-refractivity contribution >= 4 is 18.0 Å². The molecule has 3 heterocycles. The van der Waals surface area contributed by atoms with Gasteiger partial charge in [0.25, 0.3) is 0 Å². The van der Waals surface area contributed by atoms with Gasteiger partial charge in [-0.3, -0.25) is 9.67 Å². The fraction of sp³-hybridized carbons (Fsp3) is 0.389. The molecule has 3 aromatic rings. The molecule has 12 heteroatoms. The van der Waals surface area contributed by atoms with Gasteiger partial charge in [0.15, 0.2) is 16.6 Å². The molecule has 0 fully saturated rings. The van der Waals surface area contributed by atoms with Gasteiger partial charge in [0.2, 0.25) is 0 Å². The van der Waals surface area contributed by atoms with Crippen molar-refractivity contribution < 1.29 is 22.6 Å². The highest BCUT2D eigenvalue weighted by Crippen LogP contribution is 2.42. The van der Waals surface area contributed by atoms with Crippen LogP contribution in [0.4, 0.5) is 19.0 Å². The Labute approximate surface area is 174 Å². The van der Waals surface area contributed by atoms with E-state index < -0.39 is 18.3 Å². The zero-order valence-electron chi connectivity index (χ0n) is 16.3. The van der Waals surface area contributed by atoms with Crippen LogP contribution in [0.1, 0.15) is 19.4 Å². The summed E-state index contributed by atoms with van der Waals surface area (Å²) < 4.78 is 54.2. The molecule has 0 saturated carbocycles. The third kappa shape index (κ3) is 3.30. The van der Waals surface area contributed by atoms with Gasteiger partial charge >= 0.3 is 6.18 Å². The van der Waals surface area contributed by atoms with Crippen LogP contribution in [0.5, 0.6) is 11.5 Å². The first kappa shape index (κ1) is 20.3. The van der Waals surface area contributed by atoms with Gasteiger partial charge in [0.05, 0.1) is 31.7 Å². The van der Waals surface area contributed by atoms with E-state index in [9.17, 15) is 13.2 Å². The Kier molecular flexibility index (Phi) is 4.96. The molecule has 160 valence electrons. The van der Waals surface area contributed by atoms with Crippen LogP contribution in [0.2, 0.25) is 0 Å². The molecule has 1 aliphatic rings. The first-order valence-corrected chi connectivity index (χ1v) is 9.46. The number of nitrogens with one attached hydrogen (secondary N) is 2. The van der Waals surface area contributed by atoms with Crippen molar-refractivity contribution in [1.82, 2.24) is 24.5 Å². The minimum absolute atomic E-state index is 0.114. The Balaban J connectivity index is 1.89. The van der Waals surface area contributed by atoms with Gasteiger partial charge in [-0.2, -0.15) is 23.4 Å². The van der Waals surface area contributed by atoms with Gasteiger partial charge in [-0.15, -0.1) is 0 Å². The molecule has 2 atom stereocenters. The van der Waals surface area contributed by atoms with Crippen LogP contribution < -0.4 is 14.8 Å². The van der Waals surface area contributed by atoms with Gasteiger partial charge in [-0.25, -0.2) is 4.68 Å². The molecular weight excluding hydrogens is 421 g/mol. The number of hydrogen-bond acceptors (Lipinski definition) is 6. The lowest BCUT2D eigenvalue weighted by molar-refractivity contribution is -0.173. The zero-order chi connectivity index (χ0) is 21.6. The van der Waals surface area contributed by atoms with Gasteiger partial charge < -0.3 is 14.8 Å². The molecule has 4 rings (SSSR count). The predicted octanol–water partition coefficient (Wildman–Crippen LogP) is 4.12. The molecule has 0 saturated heterocycles. The third-order valence-electron chi connectivity index (χ3n) is 4.97. The fourth-order valence-electron chi connectivity index (χ4n) is 3.58. The summed E-state index contributed by atoms with van der Waals surface area (Å²) >= 11 is 5.39. The largest absolute Gasteiger partial charge is 0.497 e. The van der Waals surface area contributed by atoms with Gasteiger partial charge in [0.1, 0.15) is 17.3 Å². The minimum Gasteiger partial charge on any atom is -0.497 e. The van der Waals surface area contributed by atoms with Crippen molar-refractivity contribution in [2.45, 2.75) is 31.6 Å². The van der Waals surface area contributed by atoms with Crippen LogP contribution in [-0.2, 0) is 0 Å². The number of halogens is 3. The molecule has 0 bridgehead atoms. The van der Waals surface area contributed by atoms with Crippen molar-refractivity contribution in [2.75, 3.05) is 19.5 Å². The second-order valence-electron chi connectivity index (χ2n) is 6.92. The first-order valence-electron chi connectivity index (χ1n) is 9.05. The number of hydrogen-bond donors (Lipinski definition) is 2. The average Bonchev–Trinajstić information content (AvgIpc) is 3.29. The fourth-order valence-corrected chi connectivity index (χ4v) is 3.81. The number of aromatic amines is 1. The Morgan fingerprint density at radius 2 is 2.00 bits per heavy atom. The van der Waals surface area contributed by atoms with E-state index in [1.807, 2.05) is 0 Å². The van der Waals surface area contributed by atoms with E-state index in [-0.39, 0.29) is 17.0 Å². The maximum atomic E-state index is 13.6. The topological polar surface area (TPSA) is 81.9 Å². The number of aromatic nitrogens is 5. The standard InChI is InChI=1S/C18H19F3N6O2S/c1-9-6-14(18(19,20)21)27-15(23-9)11(8-22-27)16-24-25-17(30)26(16)12-5-4-10(28-2)7-13(12)29-3/h4-5,7-9,14,23H,6H2,1-3H3,(H,25,30)/t9-,14-/m1/s1. The van der Waals surface area contributed by atoms with Crippen LogP contribution >= 0.6 is 12.2 Å². The van der Waals surface area contributed by atoms with Crippen LogP contribution in [0, 0.1) is 4.77 Å². The van der Waals surface area contributed by atoms with Gasteiger partial charge in [0, 0.05) is 12.1 Å². The maximum absolute atomic E-state index is 13.6. The molecular formula is C18H19F3N6O2S. The monoisotopic (exact) mass is 440 g/mol. The number of benzene rings is 1. The summed E-state index contributed by atoms with van der Waals surface area (Å²) in [4.78, 5) is 0. The molecule has 2 N–H and O–H groups in total. The number of rotatable bonds is 4. The summed E-state index contributed by atoms with van der Waals surface area (Å²) in [6.45, 7) is 1.70. The van der Waals surface area contributed by atoms with Crippen LogP contribution in [0.3, 0.4) is 0 Å². The van der Waals surface area contributed by atoms with Crippen LogP contribution in [0.15, 0.2) is 24.4 Å². The summed E-state index contributed by atoms with van der Waals surface area (Å²) in [6.07, 6.45) is -3.17. The lowest BCUT2D eigenvalue weighted by Gasteiger charge is -2.32. The number of alkyl halides is 3. The Morgan fingerprint density at radius 3 is 2.67 bits per heavy atom. The van der Waals surface area contributed by atoms with Crippen molar-refractivity contribution in [2.24, 2.45) is 0 Å². The highest BCUT2D eigenvalue weighted by Gasteiger charge is 2.46. The molecule has 2 aromatic heterocycles. The summed E-state index contributed by atoms with van der Waals surface area (Å²) in [5.74, 6) is 1.59. The molecule has 0 amide bonds. The summed E-state index contributed by atoms with van der Waals surface area (Å²) in [7, 11) is 3.03. The number of ether oxygens (including phenoxy) is 2. The molecule has 0 unspecified atom stereocenters. The molecule has 1 aromatic carbocycles. The normalized spacial score (nSPS) is 18.6. The maximum Gasteiger partial charge on any atom is 0.410 e. The lowest BCUT2D eigenvalue weighted by atomic mass is 10.0.